The molecule has 3 rings (SSSR count). The average Bonchev–Trinajstić information content (AvgIpc) is 3.09. The second-order valence-electron chi connectivity index (χ2n) is 6.72. The molecule has 6 heteroatoms. The van der Waals surface area contributed by atoms with Crippen molar-refractivity contribution < 1.29 is 9.59 Å². The molecule has 0 aromatic heterocycles. The number of carbonyl (C=O) groups excluding carboxylic acids is 2. The third kappa shape index (κ3) is 4.26. The first-order valence-electron chi connectivity index (χ1n) is 9.03. The Balaban J connectivity index is 1.86. The zero-order valence-corrected chi connectivity index (χ0v) is 16.6. The summed E-state index contributed by atoms with van der Waals surface area (Å²) < 4.78 is 0. The molecular formula is C22H21N3O2S. The SMILES string of the molecule is CC(C)c1ccc(N2C(=O)CS/C2=C(/C#N)C(=O)NCc2ccccc2)cc1. The minimum absolute atomic E-state index is 0.0419. The van der Waals surface area contributed by atoms with Crippen molar-refractivity contribution >= 4 is 29.3 Å². The van der Waals surface area contributed by atoms with E-state index in [0.717, 1.165) is 11.1 Å². The Morgan fingerprint density at radius 3 is 2.46 bits per heavy atom. The van der Waals surface area contributed by atoms with E-state index >= 15 is 0 Å². The number of thioether (sulfide) groups is 1. The first-order chi connectivity index (χ1) is 13.5. The highest BCUT2D eigenvalue weighted by molar-refractivity contribution is 8.04. The highest BCUT2D eigenvalue weighted by Gasteiger charge is 2.33. The molecule has 1 aliphatic rings. The molecule has 2 aromatic carbocycles. The minimum atomic E-state index is -0.479. The molecule has 1 heterocycles. The molecule has 0 saturated carbocycles. The molecule has 1 saturated heterocycles. The van der Waals surface area contributed by atoms with Gasteiger partial charge in [0.1, 0.15) is 16.7 Å². The van der Waals surface area contributed by atoms with Gasteiger partial charge in [-0.1, -0.05) is 68.1 Å². The van der Waals surface area contributed by atoms with Gasteiger partial charge in [0.15, 0.2) is 0 Å². The summed E-state index contributed by atoms with van der Waals surface area (Å²) in [6.45, 7) is 4.52. The van der Waals surface area contributed by atoms with E-state index in [2.05, 4.69) is 19.2 Å². The lowest BCUT2D eigenvalue weighted by Gasteiger charge is -2.19. The van der Waals surface area contributed by atoms with Crippen LogP contribution in [0, 0.1) is 11.3 Å². The second kappa shape index (κ2) is 8.77. The normalized spacial score (nSPS) is 15.5. The zero-order valence-electron chi connectivity index (χ0n) is 15.8. The van der Waals surface area contributed by atoms with Crippen molar-refractivity contribution in [3.8, 4) is 6.07 Å². The third-order valence-electron chi connectivity index (χ3n) is 4.45. The lowest BCUT2D eigenvalue weighted by molar-refractivity contribution is -0.117. The van der Waals surface area contributed by atoms with Crippen LogP contribution in [0.4, 0.5) is 5.69 Å². The molecular weight excluding hydrogens is 370 g/mol. The zero-order chi connectivity index (χ0) is 20.1. The summed E-state index contributed by atoms with van der Waals surface area (Å²) in [6.07, 6.45) is 0. The lowest BCUT2D eigenvalue weighted by Crippen LogP contribution is -2.29. The summed E-state index contributed by atoms with van der Waals surface area (Å²) in [6, 6.07) is 19.1. The molecule has 0 bridgehead atoms. The number of hydrogen-bond donors (Lipinski definition) is 1. The Kier molecular flexibility index (Phi) is 6.17. The Bertz CT molecular complexity index is 944. The summed E-state index contributed by atoms with van der Waals surface area (Å²) in [5.41, 5.74) is 2.72. The lowest BCUT2D eigenvalue weighted by atomic mass is 10.0. The van der Waals surface area contributed by atoms with E-state index in [0.29, 0.717) is 23.2 Å². The molecule has 1 aliphatic heterocycles. The fourth-order valence-corrected chi connectivity index (χ4v) is 3.90. The standard InChI is InChI=1S/C22H21N3O2S/c1-15(2)17-8-10-18(11-9-17)25-20(26)14-28-22(25)19(12-23)21(27)24-13-16-6-4-3-5-7-16/h3-11,15H,13-14H2,1-2H3,(H,24,27)/b22-19-. The highest BCUT2D eigenvalue weighted by atomic mass is 32.2. The summed E-state index contributed by atoms with van der Waals surface area (Å²) in [4.78, 5) is 26.5. The van der Waals surface area contributed by atoms with Gasteiger partial charge >= 0.3 is 0 Å². The Hall–Kier alpha value is -3.04. The van der Waals surface area contributed by atoms with Crippen LogP contribution in [0.1, 0.15) is 30.9 Å². The smallest absolute Gasteiger partial charge is 0.264 e. The molecule has 0 aliphatic carbocycles. The van der Waals surface area contributed by atoms with Crippen LogP contribution in [0.25, 0.3) is 0 Å². The maximum atomic E-state index is 12.6. The van der Waals surface area contributed by atoms with Gasteiger partial charge in [-0.2, -0.15) is 5.26 Å². The predicted octanol–water partition coefficient (Wildman–Crippen LogP) is 3.94. The number of rotatable bonds is 5. The van der Waals surface area contributed by atoms with Crippen molar-refractivity contribution in [3.63, 3.8) is 0 Å². The summed E-state index contributed by atoms with van der Waals surface area (Å²) in [5.74, 6) is -0.0299. The first-order valence-corrected chi connectivity index (χ1v) is 10.0. The van der Waals surface area contributed by atoms with Gasteiger partial charge in [-0.15, -0.1) is 0 Å². The van der Waals surface area contributed by atoms with E-state index in [1.165, 1.54) is 16.7 Å². The van der Waals surface area contributed by atoms with E-state index in [1.54, 1.807) is 0 Å². The molecule has 28 heavy (non-hydrogen) atoms. The van der Waals surface area contributed by atoms with Gasteiger partial charge in [0.05, 0.1) is 5.75 Å². The molecule has 5 nitrogen and oxygen atoms in total. The van der Waals surface area contributed by atoms with E-state index in [4.69, 9.17) is 0 Å². The highest BCUT2D eigenvalue weighted by Crippen LogP contribution is 2.36. The second-order valence-corrected chi connectivity index (χ2v) is 7.69. The van der Waals surface area contributed by atoms with Crippen LogP contribution in [0.2, 0.25) is 0 Å². The largest absolute Gasteiger partial charge is 0.347 e. The van der Waals surface area contributed by atoms with Gasteiger partial charge in [0.25, 0.3) is 5.91 Å². The Morgan fingerprint density at radius 2 is 1.86 bits per heavy atom. The van der Waals surface area contributed by atoms with Crippen molar-refractivity contribution in [2.75, 3.05) is 10.7 Å². The number of nitrogens with zero attached hydrogens (tertiary/aromatic N) is 2. The predicted molar refractivity (Wildman–Crippen MR) is 111 cm³/mol. The molecule has 142 valence electrons. The van der Waals surface area contributed by atoms with Gasteiger partial charge in [-0.25, -0.2) is 0 Å². The van der Waals surface area contributed by atoms with Crippen LogP contribution in [-0.2, 0) is 16.1 Å². The number of anilines is 1. The Morgan fingerprint density at radius 1 is 1.18 bits per heavy atom. The average molecular weight is 391 g/mol. The quantitative estimate of drug-likeness (QED) is 0.619. The van der Waals surface area contributed by atoms with Gasteiger partial charge in [0, 0.05) is 12.2 Å². The fraction of sp³-hybridized carbons (Fsp3) is 0.227. The number of amides is 2. The number of benzene rings is 2. The molecule has 0 spiro atoms. The van der Waals surface area contributed by atoms with Crippen molar-refractivity contribution in [1.82, 2.24) is 5.32 Å². The van der Waals surface area contributed by atoms with E-state index in [1.807, 2.05) is 60.7 Å². The van der Waals surface area contributed by atoms with Gasteiger partial charge in [-0.05, 0) is 29.2 Å². The first kappa shape index (κ1) is 19.7. The maximum absolute atomic E-state index is 12.6. The summed E-state index contributed by atoms with van der Waals surface area (Å²) in [7, 11) is 0. The molecule has 2 amide bonds. The number of nitrogens with one attached hydrogen (secondary N) is 1. The van der Waals surface area contributed by atoms with Crippen LogP contribution < -0.4 is 10.2 Å². The molecule has 1 N–H and O–H groups in total. The van der Waals surface area contributed by atoms with Crippen LogP contribution in [-0.4, -0.2) is 17.6 Å². The summed E-state index contributed by atoms with van der Waals surface area (Å²) in [5, 5.41) is 12.8. The minimum Gasteiger partial charge on any atom is -0.347 e. The summed E-state index contributed by atoms with van der Waals surface area (Å²) >= 11 is 1.22. The molecule has 1 fully saturated rings. The van der Waals surface area contributed by atoms with Crippen LogP contribution in [0.15, 0.2) is 65.2 Å². The van der Waals surface area contributed by atoms with Crippen molar-refractivity contribution in [1.29, 1.82) is 5.26 Å². The van der Waals surface area contributed by atoms with Crippen molar-refractivity contribution in [3.05, 3.63) is 76.3 Å². The fourth-order valence-electron chi connectivity index (χ4n) is 2.89. The van der Waals surface area contributed by atoms with E-state index < -0.39 is 5.91 Å². The van der Waals surface area contributed by atoms with Crippen molar-refractivity contribution in [2.45, 2.75) is 26.3 Å². The van der Waals surface area contributed by atoms with Gasteiger partial charge in [-0.3, -0.25) is 14.5 Å². The Labute approximate surface area is 169 Å². The molecule has 0 atom stereocenters. The maximum Gasteiger partial charge on any atom is 0.264 e. The van der Waals surface area contributed by atoms with Crippen molar-refractivity contribution in [2.24, 2.45) is 0 Å². The number of carbonyl (C=O) groups is 2. The van der Waals surface area contributed by atoms with Gasteiger partial charge in [0.2, 0.25) is 5.91 Å². The van der Waals surface area contributed by atoms with Crippen LogP contribution in [0.5, 0.6) is 0 Å². The third-order valence-corrected chi connectivity index (χ3v) is 5.50. The molecule has 0 unspecified atom stereocenters. The number of nitriles is 1. The van der Waals surface area contributed by atoms with Crippen LogP contribution >= 0.6 is 11.8 Å². The number of hydrogen-bond acceptors (Lipinski definition) is 4. The monoisotopic (exact) mass is 391 g/mol. The molecule has 0 radical (unpaired) electrons. The van der Waals surface area contributed by atoms with E-state index in [-0.39, 0.29) is 17.2 Å². The topological polar surface area (TPSA) is 73.2 Å². The van der Waals surface area contributed by atoms with Gasteiger partial charge < -0.3 is 5.32 Å². The van der Waals surface area contributed by atoms with Crippen LogP contribution in [0.3, 0.4) is 0 Å². The van der Waals surface area contributed by atoms with E-state index in [9.17, 15) is 14.9 Å². The molecule has 2 aromatic rings.